The molecule has 16 heavy (non-hydrogen) atoms. The normalized spacial score (nSPS) is 10.3. The van der Waals surface area contributed by atoms with Gasteiger partial charge in [0, 0.05) is 16.5 Å². The van der Waals surface area contributed by atoms with Crippen molar-refractivity contribution < 1.29 is 4.52 Å². The van der Waals surface area contributed by atoms with Crippen LogP contribution >= 0.6 is 22.6 Å². The Morgan fingerprint density at radius 1 is 1.44 bits per heavy atom. The minimum absolute atomic E-state index is 0.691. The summed E-state index contributed by atoms with van der Waals surface area (Å²) in [4.78, 5) is 3.93. The fourth-order valence-corrected chi connectivity index (χ4v) is 1.82. The average Bonchev–Trinajstić information content (AvgIpc) is 2.74. The maximum Gasteiger partial charge on any atom is 0.213 e. The van der Waals surface area contributed by atoms with Gasteiger partial charge in [-0.3, -0.25) is 0 Å². The van der Waals surface area contributed by atoms with Crippen LogP contribution < -0.4 is 11.1 Å². The standard InChI is InChI=1S/C10H11IN4O/c11-7-1-2-9(8(12)5-7)13-4-3-10-14-6-16-15-10/h1-2,5-6,13H,3-4,12H2. The molecule has 0 aliphatic rings. The van der Waals surface area contributed by atoms with Gasteiger partial charge in [-0.25, -0.2) is 0 Å². The van der Waals surface area contributed by atoms with E-state index in [-0.39, 0.29) is 0 Å². The van der Waals surface area contributed by atoms with E-state index in [1.54, 1.807) is 0 Å². The molecule has 0 saturated heterocycles. The van der Waals surface area contributed by atoms with Gasteiger partial charge in [0.1, 0.15) is 0 Å². The minimum atomic E-state index is 0.691. The molecule has 0 aliphatic heterocycles. The van der Waals surface area contributed by atoms with Crippen molar-refractivity contribution in [3.05, 3.63) is 34.0 Å². The molecular weight excluding hydrogens is 319 g/mol. The van der Waals surface area contributed by atoms with Crippen LogP contribution in [0.3, 0.4) is 0 Å². The van der Waals surface area contributed by atoms with Crippen LogP contribution in [0.5, 0.6) is 0 Å². The number of benzene rings is 1. The smallest absolute Gasteiger partial charge is 0.213 e. The maximum atomic E-state index is 5.86. The molecule has 2 aromatic rings. The number of aromatic nitrogens is 2. The lowest BCUT2D eigenvalue weighted by molar-refractivity contribution is 0.410. The first-order valence-corrected chi connectivity index (χ1v) is 5.88. The van der Waals surface area contributed by atoms with E-state index >= 15 is 0 Å². The van der Waals surface area contributed by atoms with E-state index in [9.17, 15) is 0 Å². The van der Waals surface area contributed by atoms with Crippen LogP contribution in [0.4, 0.5) is 11.4 Å². The van der Waals surface area contributed by atoms with Gasteiger partial charge in [-0.1, -0.05) is 5.16 Å². The molecule has 0 aliphatic carbocycles. The molecule has 0 amide bonds. The van der Waals surface area contributed by atoms with Gasteiger partial charge in [-0.15, -0.1) is 0 Å². The summed E-state index contributed by atoms with van der Waals surface area (Å²) in [5.74, 6) is 0.691. The number of anilines is 2. The molecule has 0 bridgehead atoms. The SMILES string of the molecule is Nc1cc(I)ccc1NCCc1ncon1. The van der Waals surface area contributed by atoms with Crippen LogP contribution in [-0.2, 0) is 6.42 Å². The molecule has 5 nitrogen and oxygen atoms in total. The zero-order valence-corrected chi connectivity index (χ0v) is 10.6. The second-order valence-electron chi connectivity index (χ2n) is 3.26. The molecule has 1 aromatic carbocycles. The van der Waals surface area contributed by atoms with E-state index in [0.717, 1.165) is 21.5 Å². The van der Waals surface area contributed by atoms with E-state index in [1.165, 1.54) is 6.39 Å². The molecule has 1 aromatic heterocycles. The van der Waals surface area contributed by atoms with Gasteiger partial charge in [0.15, 0.2) is 5.82 Å². The van der Waals surface area contributed by atoms with Gasteiger partial charge in [0.25, 0.3) is 0 Å². The Bertz CT molecular complexity index is 458. The summed E-state index contributed by atoms with van der Waals surface area (Å²) in [6.07, 6.45) is 2.04. The summed E-state index contributed by atoms with van der Waals surface area (Å²) in [6.45, 7) is 0.727. The molecule has 0 saturated carbocycles. The second-order valence-corrected chi connectivity index (χ2v) is 4.50. The highest BCUT2D eigenvalue weighted by Gasteiger charge is 2.01. The van der Waals surface area contributed by atoms with E-state index in [0.29, 0.717) is 12.2 Å². The monoisotopic (exact) mass is 330 g/mol. The van der Waals surface area contributed by atoms with Crippen LogP contribution in [-0.4, -0.2) is 16.7 Å². The van der Waals surface area contributed by atoms with Crippen molar-refractivity contribution in [1.82, 2.24) is 10.1 Å². The van der Waals surface area contributed by atoms with Crippen molar-refractivity contribution in [1.29, 1.82) is 0 Å². The number of halogens is 1. The van der Waals surface area contributed by atoms with Gasteiger partial charge in [-0.05, 0) is 40.8 Å². The Hall–Kier alpha value is -1.31. The molecular formula is C10H11IN4O. The van der Waals surface area contributed by atoms with Crippen LogP contribution in [0.15, 0.2) is 29.1 Å². The first-order valence-electron chi connectivity index (χ1n) is 4.80. The largest absolute Gasteiger partial charge is 0.397 e. The quantitative estimate of drug-likeness (QED) is 0.662. The number of hydrogen-bond donors (Lipinski definition) is 2. The Morgan fingerprint density at radius 3 is 3.00 bits per heavy atom. The molecule has 3 N–H and O–H groups in total. The number of rotatable bonds is 4. The molecule has 1 heterocycles. The third kappa shape index (κ3) is 2.84. The number of nitrogens with zero attached hydrogens (tertiary/aromatic N) is 2. The van der Waals surface area contributed by atoms with Crippen LogP contribution in [0.25, 0.3) is 0 Å². The van der Waals surface area contributed by atoms with E-state index in [2.05, 4.69) is 42.6 Å². The molecule has 6 heteroatoms. The first-order chi connectivity index (χ1) is 7.75. The lowest BCUT2D eigenvalue weighted by Crippen LogP contribution is -2.07. The summed E-state index contributed by atoms with van der Waals surface area (Å²) in [6, 6.07) is 5.90. The second kappa shape index (κ2) is 5.15. The fourth-order valence-electron chi connectivity index (χ4n) is 1.31. The zero-order valence-electron chi connectivity index (χ0n) is 8.48. The van der Waals surface area contributed by atoms with E-state index in [1.807, 2.05) is 18.2 Å². The Morgan fingerprint density at radius 2 is 2.31 bits per heavy atom. The maximum absolute atomic E-state index is 5.86. The number of nitrogen functional groups attached to an aromatic ring is 1. The summed E-state index contributed by atoms with van der Waals surface area (Å²) in [7, 11) is 0. The predicted molar refractivity (Wildman–Crippen MR) is 70.1 cm³/mol. The van der Waals surface area contributed by atoms with E-state index < -0.39 is 0 Å². The molecule has 84 valence electrons. The lowest BCUT2D eigenvalue weighted by Gasteiger charge is -2.08. The third-order valence-electron chi connectivity index (χ3n) is 2.08. The summed E-state index contributed by atoms with van der Waals surface area (Å²) in [5, 5.41) is 6.95. The Labute approximate surface area is 107 Å². The van der Waals surface area contributed by atoms with Crippen molar-refractivity contribution in [2.75, 3.05) is 17.6 Å². The van der Waals surface area contributed by atoms with Crippen LogP contribution in [0.2, 0.25) is 0 Å². The molecule has 2 rings (SSSR count). The fraction of sp³-hybridized carbons (Fsp3) is 0.200. The van der Waals surface area contributed by atoms with Crippen LogP contribution in [0.1, 0.15) is 5.82 Å². The van der Waals surface area contributed by atoms with Crippen molar-refractivity contribution >= 4 is 34.0 Å². The predicted octanol–water partition coefficient (Wildman–Crippen LogP) is 1.91. The highest BCUT2D eigenvalue weighted by molar-refractivity contribution is 14.1. The van der Waals surface area contributed by atoms with Gasteiger partial charge in [0.2, 0.25) is 6.39 Å². The molecule has 0 spiro atoms. The van der Waals surface area contributed by atoms with Gasteiger partial charge >= 0.3 is 0 Å². The topological polar surface area (TPSA) is 77.0 Å². The van der Waals surface area contributed by atoms with Gasteiger partial charge in [0.05, 0.1) is 11.4 Å². The number of nitrogens with two attached hydrogens (primary N) is 1. The highest BCUT2D eigenvalue weighted by Crippen LogP contribution is 2.20. The van der Waals surface area contributed by atoms with Crippen molar-refractivity contribution in [2.45, 2.75) is 6.42 Å². The molecule has 0 atom stereocenters. The van der Waals surface area contributed by atoms with Crippen molar-refractivity contribution in [3.8, 4) is 0 Å². The molecule has 0 unspecified atom stereocenters. The molecule has 0 fully saturated rings. The number of hydrogen-bond acceptors (Lipinski definition) is 5. The minimum Gasteiger partial charge on any atom is -0.397 e. The Balaban J connectivity index is 1.90. The third-order valence-corrected chi connectivity index (χ3v) is 2.76. The van der Waals surface area contributed by atoms with Crippen molar-refractivity contribution in [3.63, 3.8) is 0 Å². The summed E-state index contributed by atoms with van der Waals surface area (Å²) < 4.78 is 5.77. The van der Waals surface area contributed by atoms with Crippen LogP contribution in [0, 0.1) is 3.57 Å². The summed E-state index contributed by atoms with van der Waals surface area (Å²) in [5.41, 5.74) is 7.55. The summed E-state index contributed by atoms with van der Waals surface area (Å²) >= 11 is 2.23. The van der Waals surface area contributed by atoms with Crippen molar-refractivity contribution in [2.24, 2.45) is 0 Å². The first kappa shape index (κ1) is 11.2. The van der Waals surface area contributed by atoms with E-state index in [4.69, 9.17) is 5.73 Å². The highest BCUT2D eigenvalue weighted by atomic mass is 127. The lowest BCUT2D eigenvalue weighted by atomic mass is 10.2. The van der Waals surface area contributed by atoms with Gasteiger partial charge in [-0.2, -0.15) is 4.98 Å². The van der Waals surface area contributed by atoms with Gasteiger partial charge < -0.3 is 15.6 Å². The molecule has 0 radical (unpaired) electrons. The Kier molecular flexibility index (Phi) is 3.60. The average molecular weight is 330 g/mol. The number of nitrogens with one attached hydrogen (secondary N) is 1. The zero-order chi connectivity index (χ0) is 11.4.